The second-order valence-electron chi connectivity index (χ2n) is 4.10. The van der Waals surface area contributed by atoms with Crippen LogP contribution in [0.4, 0.5) is 0 Å². The van der Waals surface area contributed by atoms with Gasteiger partial charge in [-0.15, -0.1) is 0 Å². The Hall–Kier alpha value is -1.95. The van der Waals surface area contributed by atoms with Crippen LogP contribution in [0.15, 0.2) is 18.2 Å². The number of aromatic nitrogens is 1. The smallest absolute Gasteiger partial charge is 0.354 e. The van der Waals surface area contributed by atoms with Gasteiger partial charge in [-0.25, -0.2) is 9.78 Å². The van der Waals surface area contributed by atoms with Gasteiger partial charge < -0.3 is 15.2 Å². The van der Waals surface area contributed by atoms with Gasteiger partial charge in [-0.3, -0.25) is 4.79 Å². The number of aromatic carboxylic acids is 1. The largest absolute Gasteiger partial charge is 0.477 e. The number of nitrogens with zero attached hydrogens (tertiary/aromatic N) is 1. The summed E-state index contributed by atoms with van der Waals surface area (Å²) in [5, 5.41) is 11.6. The molecule has 0 bridgehead atoms. The maximum absolute atomic E-state index is 11.9. The molecule has 1 amide bonds. The Bertz CT molecular complexity index is 455. The maximum Gasteiger partial charge on any atom is 0.354 e. The lowest BCUT2D eigenvalue weighted by Gasteiger charge is -2.22. The predicted octanol–water partition coefficient (Wildman–Crippen LogP) is 0.689. The number of ether oxygens (including phenoxy) is 1. The summed E-state index contributed by atoms with van der Waals surface area (Å²) in [7, 11) is 0. The Morgan fingerprint density at radius 3 is 2.83 bits per heavy atom. The third kappa shape index (κ3) is 3.04. The van der Waals surface area contributed by atoms with Crippen LogP contribution in [0.5, 0.6) is 0 Å². The van der Waals surface area contributed by atoms with Crippen molar-refractivity contribution in [2.75, 3.05) is 13.2 Å². The molecule has 0 aliphatic carbocycles. The summed E-state index contributed by atoms with van der Waals surface area (Å²) in [6, 6.07) is 4.32. The lowest BCUT2D eigenvalue weighted by Crippen LogP contribution is -2.41. The van der Waals surface area contributed by atoms with Crippen molar-refractivity contribution >= 4 is 11.9 Å². The molecule has 2 N–H and O–H groups in total. The summed E-state index contributed by atoms with van der Waals surface area (Å²) in [5.74, 6) is -1.51. The Labute approximate surface area is 104 Å². The van der Waals surface area contributed by atoms with E-state index >= 15 is 0 Å². The normalized spacial score (nSPS) is 19.2. The monoisotopic (exact) mass is 250 g/mol. The van der Waals surface area contributed by atoms with Crippen molar-refractivity contribution in [1.82, 2.24) is 10.3 Å². The molecule has 2 heterocycles. The van der Waals surface area contributed by atoms with Crippen molar-refractivity contribution in [2.24, 2.45) is 0 Å². The molecule has 1 aromatic heterocycles. The number of rotatable bonds is 3. The average molecular weight is 250 g/mol. The Balaban J connectivity index is 2.03. The van der Waals surface area contributed by atoms with Crippen LogP contribution in [0, 0.1) is 0 Å². The zero-order chi connectivity index (χ0) is 13.0. The van der Waals surface area contributed by atoms with E-state index in [9.17, 15) is 9.59 Å². The van der Waals surface area contributed by atoms with Crippen LogP contribution < -0.4 is 5.32 Å². The fourth-order valence-corrected chi connectivity index (χ4v) is 1.79. The van der Waals surface area contributed by atoms with E-state index in [1.54, 1.807) is 0 Å². The molecule has 96 valence electrons. The number of carbonyl (C=O) groups excluding carboxylic acids is 1. The van der Waals surface area contributed by atoms with Gasteiger partial charge in [-0.2, -0.15) is 0 Å². The van der Waals surface area contributed by atoms with Crippen LogP contribution in [-0.2, 0) is 4.74 Å². The van der Waals surface area contributed by atoms with Crippen molar-refractivity contribution < 1.29 is 19.4 Å². The van der Waals surface area contributed by atoms with E-state index < -0.39 is 5.97 Å². The van der Waals surface area contributed by atoms with Crippen molar-refractivity contribution in [1.29, 1.82) is 0 Å². The Morgan fingerprint density at radius 1 is 1.39 bits per heavy atom. The summed E-state index contributed by atoms with van der Waals surface area (Å²) < 4.78 is 5.25. The summed E-state index contributed by atoms with van der Waals surface area (Å²) in [5.41, 5.74) is -0.0250. The van der Waals surface area contributed by atoms with Gasteiger partial charge in [0.15, 0.2) is 0 Å². The molecule has 0 aromatic carbocycles. The molecule has 0 spiro atoms. The number of hydrogen-bond acceptors (Lipinski definition) is 4. The molecule has 6 heteroatoms. The molecule has 6 nitrogen and oxygen atoms in total. The molecule has 2 rings (SSSR count). The molecule has 1 atom stereocenters. The van der Waals surface area contributed by atoms with Gasteiger partial charge in [0, 0.05) is 6.61 Å². The van der Waals surface area contributed by atoms with Crippen molar-refractivity contribution in [2.45, 2.75) is 18.9 Å². The molecule has 1 fully saturated rings. The topological polar surface area (TPSA) is 88.5 Å². The van der Waals surface area contributed by atoms with Crippen LogP contribution in [-0.4, -0.2) is 41.2 Å². The quantitative estimate of drug-likeness (QED) is 0.823. The molecule has 1 aromatic rings. The minimum absolute atomic E-state index is 0.0264. The van der Waals surface area contributed by atoms with Crippen LogP contribution in [0.1, 0.15) is 33.8 Å². The minimum Gasteiger partial charge on any atom is -0.477 e. The number of pyridine rings is 1. The average Bonchev–Trinajstić information content (AvgIpc) is 2.40. The summed E-state index contributed by atoms with van der Waals surface area (Å²) >= 11 is 0. The lowest BCUT2D eigenvalue weighted by molar-refractivity contribution is 0.0621. The van der Waals surface area contributed by atoms with E-state index in [-0.39, 0.29) is 23.3 Å². The van der Waals surface area contributed by atoms with Crippen molar-refractivity contribution in [3.8, 4) is 0 Å². The van der Waals surface area contributed by atoms with E-state index in [0.29, 0.717) is 6.61 Å². The highest BCUT2D eigenvalue weighted by Crippen LogP contribution is 2.07. The summed E-state index contributed by atoms with van der Waals surface area (Å²) in [6.45, 7) is 1.21. The number of nitrogens with one attached hydrogen (secondary N) is 1. The fraction of sp³-hybridized carbons (Fsp3) is 0.417. The first-order chi connectivity index (χ1) is 8.66. The molecule has 1 aliphatic heterocycles. The number of carboxylic acid groups (broad SMARTS) is 1. The molecular weight excluding hydrogens is 236 g/mol. The highest BCUT2D eigenvalue weighted by molar-refractivity contribution is 5.94. The predicted molar refractivity (Wildman–Crippen MR) is 62.5 cm³/mol. The van der Waals surface area contributed by atoms with Gasteiger partial charge in [-0.05, 0) is 25.0 Å². The van der Waals surface area contributed by atoms with Gasteiger partial charge in [-0.1, -0.05) is 6.07 Å². The fourth-order valence-electron chi connectivity index (χ4n) is 1.79. The first-order valence-electron chi connectivity index (χ1n) is 5.76. The van der Waals surface area contributed by atoms with Crippen LogP contribution in [0.2, 0.25) is 0 Å². The first-order valence-corrected chi connectivity index (χ1v) is 5.76. The zero-order valence-corrected chi connectivity index (χ0v) is 9.76. The molecular formula is C12H14N2O4. The van der Waals surface area contributed by atoms with E-state index in [1.165, 1.54) is 18.2 Å². The maximum atomic E-state index is 11.9. The number of amides is 1. The number of hydrogen-bond donors (Lipinski definition) is 2. The third-order valence-electron chi connectivity index (χ3n) is 2.70. The Kier molecular flexibility index (Phi) is 3.88. The lowest BCUT2D eigenvalue weighted by atomic mass is 10.1. The zero-order valence-electron chi connectivity index (χ0n) is 9.76. The third-order valence-corrected chi connectivity index (χ3v) is 2.70. The van der Waals surface area contributed by atoms with Crippen molar-refractivity contribution in [3.05, 3.63) is 29.6 Å². The molecule has 1 saturated heterocycles. The second kappa shape index (κ2) is 5.59. The molecule has 0 radical (unpaired) electrons. The van der Waals surface area contributed by atoms with Crippen LogP contribution in [0.3, 0.4) is 0 Å². The van der Waals surface area contributed by atoms with Crippen molar-refractivity contribution in [3.63, 3.8) is 0 Å². The number of carboxylic acids is 1. The summed E-state index contributed by atoms with van der Waals surface area (Å²) in [6.07, 6.45) is 1.78. The number of carbonyl (C=O) groups is 2. The van der Waals surface area contributed by atoms with Gasteiger partial charge >= 0.3 is 5.97 Å². The first kappa shape index (κ1) is 12.5. The van der Waals surface area contributed by atoms with Gasteiger partial charge in [0.05, 0.1) is 12.6 Å². The molecule has 18 heavy (non-hydrogen) atoms. The highest BCUT2D eigenvalue weighted by Gasteiger charge is 2.18. The van der Waals surface area contributed by atoms with Crippen LogP contribution in [0.25, 0.3) is 0 Å². The minimum atomic E-state index is -1.15. The second-order valence-corrected chi connectivity index (χ2v) is 4.10. The molecule has 0 saturated carbocycles. The van der Waals surface area contributed by atoms with E-state index in [0.717, 1.165) is 19.4 Å². The van der Waals surface area contributed by atoms with Gasteiger partial charge in [0.25, 0.3) is 5.91 Å². The molecule has 1 unspecified atom stereocenters. The van der Waals surface area contributed by atoms with Crippen LogP contribution >= 0.6 is 0 Å². The summed E-state index contributed by atoms with van der Waals surface area (Å²) in [4.78, 5) is 26.4. The van der Waals surface area contributed by atoms with Gasteiger partial charge in [0.2, 0.25) is 0 Å². The standard InChI is InChI=1S/C12H14N2O4/c15-11(13-8-3-2-6-18-7-8)9-4-1-5-10(14-9)12(16)17/h1,4-5,8H,2-3,6-7H2,(H,13,15)(H,16,17). The van der Waals surface area contributed by atoms with E-state index in [1.807, 2.05) is 0 Å². The van der Waals surface area contributed by atoms with Gasteiger partial charge in [0.1, 0.15) is 11.4 Å². The Morgan fingerprint density at radius 2 is 2.17 bits per heavy atom. The SMILES string of the molecule is O=C(O)c1cccc(C(=O)NC2CCCOC2)n1. The highest BCUT2D eigenvalue weighted by atomic mass is 16.5. The molecule has 1 aliphatic rings. The van der Waals surface area contributed by atoms with E-state index in [4.69, 9.17) is 9.84 Å². The van der Waals surface area contributed by atoms with E-state index in [2.05, 4.69) is 10.3 Å².